The van der Waals surface area contributed by atoms with Gasteiger partial charge in [0.2, 0.25) is 0 Å². The highest BCUT2D eigenvalue weighted by atomic mass is 16.9. The van der Waals surface area contributed by atoms with Gasteiger partial charge in [-0.05, 0) is 6.92 Å². The zero-order valence-corrected chi connectivity index (χ0v) is 10.5. The molecular formula is C10H18O10. The Morgan fingerprint density at radius 1 is 0.900 bits per heavy atom. The fourth-order valence-electron chi connectivity index (χ4n) is 2.07. The first-order chi connectivity index (χ1) is 9.17. The molecule has 0 saturated carbocycles. The third kappa shape index (κ3) is 2.55. The highest BCUT2D eigenvalue weighted by molar-refractivity contribution is 4.91. The Balaban J connectivity index is 2.09. The van der Waals surface area contributed by atoms with Crippen molar-refractivity contribution in [2.45, 2.75) is 62.1 Å². The van der Waals surface area contributed by atoms with Gasteiger partial charge in [0.1, 0.15) is 24.4 Å². The Labute approximate surface area is 113 Å². The SMILES string of the molecule is C[C@H]1O[C@@](O)(O[C@@H]2OC(O)[C@@H](O)C(O)C2O)C(O)C1O. The Hall–Kier alpha value is -0.400. The summed E-state index contributed by atoms with van der Waals surface area (Å²) in [5.41, 5.74) is 0. The summed E-state index contributed by atoms with van der Waals surface area (Å²) in [4.78, 5) is 0. The molecule has 2 heterocycles. The maximum absolute atomic E-state index is 9.94. The smallest absolute Gasteiger partial charge is 0.313 e. The Bertz CT molecular complexity index is 353. The molecular weight excluding hydrogens is 280 g/mol. The topological polar surface area (TPSA) is 169 Å². The van der Waals surface area contributed by atoms with Crippen molar-refractivity contribution in [2.75, 3.05) is 0 Å². The summed E-state index contributed by atoms with van der Waals surface area (Å²) in [5.74, 6) is -2.69. The lowest BCUT2D eigenvalue weighted by Crippen LogP contribution is -2.61. The molecule has 2 saturated heterocycles. The summed E-state index contributed by atoms with van der Waals surface area (Å²) >= 11 is 0. The van der Waals surface area contributed by atoms with E-state index < -0.39 is 55.2 Å². The quantitative estimate of drug-likeness (QED) is 0.247. The fraction of sp³-hybridized carbons (Fsp3) is 1.00. The number of ether oxygens (including phenoxy) is 3. The van der Waals surface area contributed by atoms with Crippen molar-refractivity contribution in [1.29, 1.82) is 0 Å². The van der Waals surface area contributed by atoms with Gasteiger partial charge in [-0.3, -0.25) is 4.74 Å². The average Bonchev–Trinajstić information content (AvgIpc) is 2.57. The highest BCUT2D eigenvalue weighted by Crippen LogP contribution is 2.33. The fourth-order valence-corrected chi connectivity index (χ4v) is 2.07. The molecule has 0 aliphatic carbocycles. The number of hydrogen-bond acceptors (Lipinski definition) is 10. The Morgan fingerprint density at radius 2 is 1.50 bits per heavy atom. The molecule has 0 amide bonds. The van der Waals surface area contributed by atoms with Crippen LogP contribution >= 0.6 is 0 Å². The van der Waals surface area contributed by atoms with E-state index in [4.69, 9.17) is 9.47 Å². The lowest BCUT2D eigenvalue weighted by molar-refractivity contribution is -0.451. The van der Waals surface area contributed by atoms with Crippen LogP contribution in [0.15, 0.2) is 0 Å². The minimum Gasteiger partial charge on any atom is -0.387 e. The maximum Gasteiger partial charge on any atom is 0.313 e. The molecule has 2 rings (SSSR count). The van der Waals surface area contributed by atoms with E-state index in [0.717, 1.165) is 0 Å². The predicted molar refractivity (Wildman–Crippen MR) is 57.5 cm³/mol. The van der Waals surface area contributed by atoms with E-state index in [0.29, 0.717) is 0 Å². The van der Waals surface area contributed by atoms with Gasteiger partial charge in [-0.1, -0.05) is 0 Å². The molecule has 7 N–H and O–H groups in total. The van der Waals surface area contributed by atoms with E-state index in [1.807, 2.05) is 0 Å². The largest absolute Gasteiger partial charge is 0.387 e. The van der Waals surface area contributed by atoms with Gasteiger partial charge >= 0.3 is 5.97 Å². The van der Waals surface area contributed by atoms with Crippen LogP contribution in [0.3, 0.4) is 0 Å². The monoisotopic (exact) mass is 298 g/mol. The molecule has 2 aliphatic heterocycles. The standard InChI is InChI=1S/C10H18O10/c1-2-3(11)7(15)10(17,19-2)20-9-6(14)4(12)5(13)8(16)18-9/h2-9,11-17H,1H3/t2-,3?,4?,5+,6?,7?,8?,9+,10-/m1/s1. The van der Waals surface area contributed by atoms with Gasteiger partial charge in [-0.25, -0.2) is 0 Å². The molecule has 2 aliphatic rings. The molecule has 10 nitrogen and oxygen atoms in total. The van der Waals surface area contributed by atoms with Gasteiger partial charge in [-0.2, -0.15) is 0 Å². The Kier molecular flexibility index (Phi) is 4.33. The van der Waals surface area contributed by atoms with Gasteiger partial charge in [0.15, 0.2) is 18.7 Å². The van der Waals surface area contributed by atoms with Crippen molar-refractivity contribution >= 4 is 0 Å². The normalized spacial score (nSPS) is 57.0. The second-order valence-corrected chi connectivity index (χ2v) is 4.87. The zero-order chi connectivity index (χ0) is 15.2. The minimum atomic E-state index is -2.69. The summed E-state index contributed by atoms with van der Waals surface area (Å²) in [5, 5.41) is 66.7. The van der Waals surface area contributed by atoms with Crippen molar-refractivity contribution in [1.82, 2.24) is 0 Å². The average molecular weight is 298 g/mol. The van der Waals surface area contributed by atoms with Crippen LogP contribution in [0.25, 0.3) is 0 Å². The number of aliphatic hydroxyl groups excluding tert-OH is 6. The van der Waals surface area contributed by atoms with Crippen LogP contribution in [-0.2, 0) is 14.2 Å². The van der Waals surface area contributed by atoms with Crippen LogP contribution in [-0.4, -0.2) is 90.9 Å². The Morgan fingerprint density at radius 3 is 2.00 bits per heavy atom. The van der Waals surface area contributed by atoms with E-state index in [1.165, 1.54) is 6.92 Å². The molecule has 0 spiro atoms. The van der Waals surface area contributed by atoms with Crippen molar-refractivity contribution in [2.24, 2.45) is 0 Å². The molecule has 0 radical (unpaired) electrons. The molecule has 20 heavy (non-hydrogen) atoms. The van der Waals surface area contributed by atoms with E-state index in [1.54, 1.807) is 0 Å². The van der Waals surface area contributed by atoms with Crippen LogP contribution < -0.4 is 0 Å². The molecule has 5 unspecified atom stereocenters. The molecule has 0 aromatic heterocycles. The van der Waals surface area contributed by atoms with Crippen molar-refractivity contribution < 1.29 is 50.0 Å². The van der Waals surface area contributed by atoms with Crippen LogP contribution in [0.5, 0.6) is 0 Å². The van der Waals surface area contributed by atoms with Crippen LogP contribution in [0.2, 0.25) is 0 Å². The van der Waals surface area contributed by atoms with Crippen LogP contribution in [0.4, 0.5) is 0 Å². The first-order valence-electron chi connectivity index (χ1n) is 5.99. The van der Waals surface area contributed by atoms with Gasteiger partial charge in [0.25, 0.3) is 0 Å². The summed E-state index contributed by atoms with van der Waals surface area (Å²) in [6, 6.07) is 0. The molecule has 0 bridgehead atoms. The zero-order valence-electron chi connectivity index (χ0n) is 10.5. The third-order valence-corrected chi connectivity index (χ3v) is 3.36. The van der Waals surface area contributed by atoms with Gasteiger partial charge in [0, 0.05) is 0 Å². The first kappa shape index (κ1) is 16.0. The van der Waals surface area contributed by atoms with Crippen molar-refractivity contribution in [3.63, 3.8) is 0 Å². The molecule has 9 atom stereocenters. The summed E-state index contributed by atoms with van der Waals surface area (Å²) in [6.07, 6.45) is -13.3. The summed E-state index contributed by atoms with van der Waals surface area (Å²) < 4.78 is 14.3. The molecule has 0 aromatic rings. The molecule has 118 valence electrons. The number of aliphatic hydroxyl groups is 7. The minimum absolute atomic E-state index is 0.962. The van der Waals surface area contributed by atoms with E-state index >= 15 is 0 Å². The maximum atomic E-state index is 9.94. The third-order valence-electron chi connectivity index (χ3n) is 3.36. The van der Waals surface area contributed by atoms with Gasteiger partial charge in [-0.15, -0.1) is 0 Å². The molecule has 10 heteroatoms. The molecule has 2 fully saturated rings. The summed E-state index contributed by atoms with van der Waals surface area (Å²) in [7, 11) is 0. The first-order valence-corrected chi connectivity index (χ1v) is 5.99. The molecule has 0 aromatic carbocycles. The predicted octanol–water partition coefficient (Wildman–Crippen LogP) is -4.45. The van der Waals surface area contributed by atoms with Gasteiger partial charge < -0.3 is 45.2 Å². The number of hydrogen-bond donors (Lipinski definition) is 7. The highest BCUT2D eigenvalue weighted by Gasteiger charge is 2.57. The van der Waals surface area contributed by atoms with Crippen LogP contribution in [0.1, 0.15) is 6.92 Å². The van der Waals surface area contributed by atoms with E-state index in [-0.39, 0.29) is 0 Å². The lowest BCUT2D eigenvalue weighted by atomic mass is 10.0. The van der Waals surface area contributed by atoms with Crippen molar-refractivity contribution in [3.05, 3.63) is 0 Å². The summed E-state index contributed by atoms with van der Waals surface area (Å²) in [6.45, 7) is 1.36. The second kappa shape index (κ2) is 5.42. The van der Waals surface area contributed by atoms with Gasteiger partial charge in [0.05, 0.1) is 6.10 Å². The van der Waals surface area contributed by atoms with Crippen LogP contribution in [0, 0.1) is 0 Å². The lowest BCUT2D eigenvalue weighted by Gasteiger charge is -2.40. The second-order valence-electron chi connectivity index (χ2n) is 4.87. The van der Waals surface area contributed by atoms with E-state index in [9.17, 15) is 35.7 Å². The number of rotatable bonds is 2. The van der Waals surface area contributed by atoms with E-state index in [2.05, 4.69) is 4.74 Å². The van der Waals surface area contributed by atoms with Crippen molar-refractivity contribution in [3.8, 4) is 0 Å².